The maximum absolute atomic E-state index is 3.26. The van der Waals surface area contributed by atoms with E-state index >= 15 is 0 Å². The summed E-state index contributed by atoms with van der Waals surface area (Å²) >= 11 is 0. The van der Waals surface area contributed by atoms with Crippen LogP contribution in [0.4, 0.5) is 0 Å². The number of aromatic nitrogens is 1. The van der Waals surface area contributed by atoms with Gasteiger partial charge in [0.1, 0.15) is 0 Å². The summed E-state index contributed by atoms with van der Waals surface area (Å²) in [5.41, 5.74) is 3.72. The third-order valence-electron chi connectivity index (χ3n) is 3.66. The zero-order valence-electron chi connectivity index (χ0n) is 10.4. The highest BCUT2D eigenvalue weighted by Crippen LogP contribution is 2.29. The number of benzene rings is 3. The maximum Gasteiger partial charge on any atom is 0.0460 e. The Morgan fingerprint density at radius 3 is 2.42 bits per heavy atom. The van der Waals surface area contributed by atoms with E-state index in [2.05, 4.69) is 65.6 Å². The van der Waals surface area contributed by atoms with Crippen molar-refractivity contribution in [2.75, 3.05) is 0 Å². The van der Waals surface area contributed by atoms with E-state index in [1.807, 2.05) is 12.3 Å². The summed E-state index contributed by atoms with van der Waals surface area (Å²) in [7, 11) is 0. The van der Waals surface area contributed by atoms with Gasteiger partial charge in [-0.15, -0.1) is 0 Å². The van der Waals surface area contributed by atoms with Crippen LogP contribution in [0.25, 0.3) is 32.8 Å². The largest absolute Gasteiger partial charge is 0.361 e. The number of hydrogen-bond donors (Lipinski definition) is 1. The van der Waals surface area contributed by atoms with Crippen molar-refractivity contribution in [1.29, 1.82) is 0 Å². The summed E-state index contributed by atoms with van der Waals surface area (Å²) < 4.78 is 0. The molecule has 0 atom stereocenters. The van der Waals surface area contributed by atoms with Crippen molar-refractivity contribution in [2.24, 2.45) is 0 Å². The van der Waals surface area contributed by atoms with Gasteiger partial charge in [0.2, 0.25) is 0 Å². The molecule has 0 amide bonds. The maximum atomic E-state index is 3.26. The van der Waals surface area contributed by atoms with Crippen LogP contribution in [0, 0.1) is 0 Å². The smallest absolute Gasteiger partial charge is 0.0460 e. The molecule has 0 aliphatic rings. The molecule has 0 aliphatic heterocycles. The van der Waals surface area contributed by atoms with Crippen LogP contribution in [0.2, 0.25) is 0 Å². The molecule has 1 nitrogen and oxygen atoms in total. The molecule has 1 heterocycles. The Kier molecular flexibility index (Phi) is 2.18. The van der Waals surface area contributed by atoms with E-state index in [0.29, 0.717) is 0 Å². The van der Waals surface area contributed by atoms with E-state index in [1.54, 1.807) is 0 Å². The van der Waals surface area contributed by atoms with Crippen molar-refractivity contribution < 1.29 is 0 Å². The summed E-state index contributed by atoms with van der Waals surface area (Å²) in [6, 6.07) is 23.6. The zero-order valence-corrected chi connectivity index (χ0v) is 10.4. The SMILES string of the molecule is c1ccc(-c2ccc3c(ccc4[nH]ccc43)c2)cc1. The van der Waals surface area contributed by atoms with Gasteiger partial charge in [0.05, 0.1) is 0 Å². The van der Waals surface area contributed by atoms with Gasteiger partial charge in [0.25, 0.3) is 0 Å². The molecule has 3 aromatic carbocycles. The first-order chi connectivity index (χ1) is 9.42. The lowest BCUT2D eigenvalue weighted by molar-refractivity contribution is 1.48. The highest BCUT2D eigenvalue weighted by Gasteiger charge is 2.03. The minimum Gasteiger partial charge on any atom is -0.361 e. The summed E-state index contributed by atoms with van der Waals surface area (Å²) in [6.45, 7) is 0. The number of H-pyrrole nitrogens is 1. The molecule has 90 valence electrons. The van der Waals surface area contributed by atoms with E-state index in [1.165, 1.54) is 32.8 Å². The van der Waals surface area contributed by atoms with Gasteiger partial charge in [0, 0.05) is 17.1 Å². The molecule has 4 aromatic rings. The predicted octanol–water partition coefficient (Wildman–Crippen LogP) is 4.99. The molecule has 1 aromatic heterocycles. The molecule has 0 saturated heterocycles. The molecule has 0 radical (unpaired) electrons. The average molecular weight is 243 g/mol. The van der Waals surface area contributed by atoms with Gasteiger partial charge in [-0.2, -0.15) is 0 Å². The van der Waals surface area contributed by atoms with Gasteiger partial charge in [-0.25, -0.2) is 0 Å². The normalized spacial score (nSPS) is 11.2. The van der Waals surface area contributed by atoms with Crippen molar-refractivity contribution in [3.05, 3.63) is 72.9 Å². The number of fused-ring (bicyclic) bond motifs is 3. The average Bonchev–Trinajstić information content (AvgIpc) is 2.96. The van der Waals surface area contributed by atoms with Crippen molar-refractivity contribution >= 4 is 21.7 Å². The van der Waals surface area contributed by atoms with E-state index in [9.17, 15) is 0 Å². The lowest BCUT2D eigenvalue weighted by atomic mass is 10.00. The second kappa shape index (κ2) is 3.99. The van der Waals surface area contributed by atoms with Crippen LogP contribution in [0.15, 0.2) is 72.9 Å². The van der Waals surface area contributed by atoms with E-state index in [-0.39, 0.29) is 0 Å². The monoisotopic (exact) mass is 243 g/mol. The topological polar surface area (TPSA) is 15.8 Å². The zero-order chi connectivity index (χ0) is 12.7. The van der Waals surface area contributed by atoms with Crippen LogP contribution in [0.1, 0.15) is 0 Å². The van der Waals surface area contributed by atoms with Gasteiger partial charge in [-0.05, 0) is 40.1 Å². The van der Waals surface area contributed by atoms with Crippen LogP contribution in [-0.4, -0.2) is 4.98 Å². The highest BCUT2D eigenvalue weighted by molar-refractivity contribution is 6.07. The first-order valence-electron chi connectivity index (χ1n) is 6.47. The van der Waals surface area contributed by atoms with Crippen molar-refractivity contribution in [3.8, 4) is 11.1 Å². The van der Waals surface area contributed by atoms with Gasteiger partial charge in [-0.3, -0.25) is 0 Å². The van der Waals surface area contributed by atoms with Gasteiger partial charge < -0.3 is 4.98 Å². The molecule has 0 bridgehead atoms. The molecule has 1 N–H and O–H groups in total. The van der Waals surface area contributed by atoms with E-state index in [4.69, 9.17) is 0 Å². The van der Waals surface area contributed by atoms with Gasteiger partial charge in [0.15, 0.2) is 0 Å². The van der Waals surface area contributed by atoms with E-state index < -0.39 is 0 Å². The fraction of sp³-hybridized carbons (Fsp3) is 0. The fourth-order valence-electron chi connectivity index (χ4n) is 2.68. The Balaban J connectivity index is 1.99. The third-order valence-corrected chi connectivity index (χ3v) is 3.66. The van der Waals surface area contributed by atoms with Crippen molar-refractivity contribution in [1.82, 2.24) is 4.98 Å². The fourth-order valence-corrected chi connectivity index (χ4v) is 2.68. The Hall–Kier alpha value is -2.54. The molecule has 0 unspecified atom stereocenters. The molecule has 0 fully saturated rings. The van der Waals surface area contributed by atoms with Crippen molar-refractivity contribution in [2.45, 2.75) is 0 Å². The minimum absolute atomic E-state index is 1.19. The second-order valence-corrected chi connectivity index (χ2v) is 4.81. The summed E-state index contributed by atoms with van der Waals surface area (Å²) in [6.07, 6.45) is 2.00. The Morgan fingerprint density at radius 1 is 0.632 bits per heavy atom. The summed E-state index contributed by atoms with van der Waals surface area (Å²) in [5, 5.41) is 3.88. The molecule has 1 heteroatoms. The molecule has 0 spiro atoms. The molecule has 19 heavy (non-hydrogen) atoms. The van der Waals surface area contributed by atoms with Crippen LogP contribution < -0.4 is 0 Å². The number of rotatable bonds is 1. The summed E-state index contributed by atoms with van der Waals surface area (Å²) in [5.74, 6) is 0. The molecule has 0 aliphatic carbocycles. The molecular weight excluding hydrogens is 230 g/mol. The van der Waals surface area contributed by atoms with Gasteiger partial charge in [-0.1, -0.05) is 48.5 Å². The number of nitrogens with one attached hydrogen (secondary N) is 1. The standard InChI is InChI=1S/C18H13N/c1-2-4-13(5-3-1)14-6-8-16-15(12-14)7-9-18-17(16)10-11-19-18/h1-12,19H. The highest BCUT2D eigenvalue weighted by atomic mass is 14.7. The van der Waals surface area contributed by atoms with Crippen LogP contribution in [0.5, 0.6) is 0 Å². The van der Waals surface area contributed by atoms with Crippen molar-refractivity contribution in [3.63, 3.8) is 0 Å². The van der Waals surface area contributed by atoms with E-state index in [0.717, 1.165) is 0 Å². The Bertz CT molecular complexity index is 857. The first kappa shape index (κ1) is 10.4. The molecule has 0 saturated carbocycles. The number of hydrogen-bond acceptors (Lipinski definition) is 0. The Morgan fingerprint density at radius 2 is 1.53 bits per heavy atom. The second-order valence-electron chi connectivity index (χ2n) is 4.81. The first-order valence-corrected chi connectivity index (χ1v) is 6.47. The molecular formula is C18H13N. The lowest BCUT2D eigenvalue weighted by Gasteiger charge is -2.05. The van der Waals surface area contributed by atoms with Gasteiger partial charge >= 0.3 is 0 Å². The predicted molar refractivity (Wildman–Crippen MR) is 81.2 cm³/mol. The molecule has 4 rings (SSSR count). The number of aromatic amines is 1. The third kappa shape index (κ3) is 1.63. The summed E-state index contributed by atoms with van der Waals surface area (Å²) in [4.78, 5) is 3.26. The van der Waals surface area contributed by atoms with Crippen LogP contribution in [0.3, 0.4) is 0 Å². The minimum atomic E-state index is 1.19. The lowest BCUT2D eigenvalue weighted by Crippen LogP contribution is -1.79. The van der Waals surface area contributed by atoms with Crippen LogP contribution >= 0.6 is 0 Å². The Labute approximate surface area is 111 Å². The van der Waals surface area contributed by atoms with Crippen LogP contribution in [-0.2, 0) is 0 Å². The quantitative estimate of drug-likeness (QED) is 0.485.